The van der Waals surface area contributed by atoms with Crippen molar-refractivity contribution in [2.45, 2.75) is 39.7 Å². The molecule has 3 N–H and O–H groups in total. The van der Waals surface area contributed by atoms with Gasteiger partial charge in [-0.05, 0) is 27.2 Å². The van der Waals surface area contributed by atoms with Crippen LogP contribution in [0.25, 0.3) is 0 Å². The van der Waals surface area contributed by atoms with E-state index < -0.39 is 0 Å². The highest BCUT2D eigenvalue weighted by molar-refractivity contribution is 5.80. The van der Waals surface area contributed by atoms with Crippen LogP contribution in [0.2, 0.25) is 0 Å². The molecule has 0 atom stereocenters. The molecule has 0 aromatic carbocycles. The van der Waals surface area contributed by atoms with Crippen LogP contribution in [0.15, 0.2) is 0 Å². The topological polar surface area (TPSA) is 101 Å². The molecule has 0 bridgehead atoms. The number of rotatable bonds is 7. The van der Waals surface area contributed by atoms with E-state index in [1.807, 2.05) is 27.7 Å². The molecular formula is C13H24N6O2. The molecule has 8 heteroatoms. The number of amides is 1. The smallest absolute Gasteiger partial charge is 0.323 e. The zero-order valence-electron chi connectivity index (χ0n) is 13.3. The molecule has 0 fully saturated rings. The normalized spacial score (nSPS) is 10.9. The fourth-order valence-corrected chi connectivity index (χ4v) is 1.43. The van der Waals surface area contributed by atoms with Gasteiger partial charge in [-0.2, -0.15) is 15.0 Å². The molecule has 0 radical (unpaired) electrons. The van der Waals surface area contributed by atoms with Crippen LogP contribution in [-0.2, 0) is 4.79 Å². The zero-order chi connectivity index (χ0) is 15.9. The lowest BCUT2D eigenvalue weighted by molar-refractivity contribution is -0.120. The molecule has 0 aliphatic rings. The third-order valence-electron chi connectivity index (χ3n) is 2.20. The molecule has 21 heavy (non-hydrogen) atoms. The maximum absolute atomic E-state index is 11.8. The van der Waals surface area contributed by atoms with Crippen LogP contribution in [0.3, 0.4) is 0 Å². The van der Waals surface area contributed by atoms with E-state index in [1.165, 1.54) is 0 Å². The number of aromatic nitrogens is 3. The fourth-order valence-electron chi connectivity index (χ4n) is 1.43. The predicted octanol–water partition coefficient (Wildman–Crippen LogP) is 1.03. The third kappa shape index (κ3) is 6.73. The van der Waals surface area contributed by atoms with Crippen molar-refractivity contribution in [3.63, 3.8) is 0 Å². The maximum Gasteiger partial charge on any atom is 0.323 e. The lowest BCUT2D eigenvalue weighted by atomic mass is 10.1. The molecule has 0 unspecified atom stereocenters. The Labute approximate surface area is 125 Å². The molecule has 0 saturated heterocycles. The van der Waals surface area contributed by atoms with E-state index in [9.17, 15) is 4.79 Å². The first kappa shape index (κ1) is 16.9. The van der Waals surface area contributed by atoms with Crippen LogP contribution in [0, 0.1) is 0 Å². The SMILES string of the molecule is CCCOc1nc(NC)nc(NCC(=O)NC(C)(C)C)n1. The number of anilines is 2. The van der Waals surface area contributed by atoms with Gasteiger partial charge in [0.05, 0.1) is 13.2 Å². The van der Waals surface area contributed by atoms with Gasteiger partial charge in [0, 0.05) is 12.6 Å². The van der Waals surface area contributed by atoms with Gasteiger partial charge in [0.1, 0.15) is 0 Å². The van der Waals surface area contributed by atoms with Crippen molar-refractivity contribution in [2.75, 3.05) is 30.8 Å². The number of nitrogens with one attached hydrogen (secondary N) is 3. The van der Waals surface area contributed by atoms with Crippen molar-refractivity contribution in [3.8, 4) is 6.01 Å². The Hall–Kier alpha value is -2.12. The van der Waals surface area contributed by atoms with Crippen molar-refractivity contribution in [3.05, 3.63) is 0 Å². The number of hydrogen-bond donors (Lipinski definition) is 3. The Morgan fingerprint density at radius 1 is 1.19 bits per heavy atom. The van der Waals surface area contributed by atoms with Gasteiger partial charge < -0.3 is 20.7 Å². The molecular weight excluding hydrogens is 272 g/mol. The van der Waals surface area contributed by atoms with Crippen LogP contribution in [-0.4, -0.2) is 46.6 Å². The Bertz CT molecular complexity index is 472. The standard InChI is InChI=1S/C13H24N6O2/c1-6-7-21-12-17-10(14-5)16-11(18-12)15-8-9(20)19-13(2,3)4/h6-8H2,1-5H3,(H,19,20)(H2,14,15,16,17,18). The van der Waals surface area contributed by atoms with Crippen LogP contribution in [0.5, 0.6) is 6.01 Å². The molecule has 0 spiro atoms. The number of nitrogens with zero attached hydrogens (tertiary/aromatic N) is 3. The van der Waals surface area contributed by atoms with Crippen LogP contribution < -0.4 is 20.7 Å². The summed E-state index contributed by atoms with van der Waals surface area (Å²) in [6.45, 7) is 8.36. The van der Waals surface area contributed by atoms with Gasteiger partial charge in [-0.3, -0.25) is 4.79 Å². The van der Waals surface area contributed by atoms with Crippen molar-refractivity contribution in [2.24, 2.45) is 0 Å². The second kappa shape index (κ2) is 7.61. The van der Waals surface area contributed by atoms with Gasteiger partial charge in [-0.25, -0.2) is 0 Å². The molecule has 0 saturated carbocycles. The number of carbonyl (C=O) groups excluding carboxylic acids is 1. The Balaban J connectivity index is 2.67. The van der Waals surface area contributed by atoms with Gasteiger partial charge in [0.2, 0.25) is 17.8 Å². The van der Waals surface area contributed by atoms with Crippen LogP contribution in [0.4, 0.5) is 11.9 Å². The van der Waals surface area contributed by atoms with Crippen LogP contribution in [0.1, 0.15) is 34.1 Å². The largest absolute Gasteiger partial charge is 0.463 e. The molecule has 1 aromatic heterocycles. The first-order valence-corrected chi connectivity index (χ1v) is 6.95. The number of hydrogen-bond acceptors (Lipinski definition) is 7. The second-order valence-corrected chi connectivity index (χ2v) is 5.52. The summed E-state index contributed by atoms with van der Waals surface area (Å²) in [4.78, 5) is 24.1. The van der Waals surface area contributed by atoms with Crippen molar-refractivity contribution >= 4 is 17.8 Å². The Morgan fingerprint density at radius 3 is 2.43 bits per heavy atom. The van der Waals surface area contributed by atoms with Gasteiger partial charge in [-0.15, -0.1) is 0 Å². The summed E-state index contributed by atoms with van der Waals surface area (Å²) in [5, 5.41) is 8.54. The van der Waals surface area contributed by atoms with E-state index in [4.69, 9.17) is 4.74 Å². The fraction of sp³-hybridized carbons (Fsp3) is 0.692. The summed E-state index contributed by atoms with van der Waals surface area (Å²) >= 11 is 0. The quantitative estimate of drug-likeness (QED) is 0.690. The number of carbonyl (C=O) groups is 1. The van der Waals surface area contributed by atoms with E-state index in [-0.39, 0.29) is 24.0 Å². The summed E-state index contributed by atoms with van der Waals surface area (Å²) in [5.41, 5.74) is -0.274. The van der Waals surface area contributed by atoms with Gasteiger partial charge in [0.25, 0.3) is 0 Å². The average molecular weight is 296 g/mol. The van der Waals surface area contributed by atoms with E-state index in [1.54, 1.807) is 7.05 Å². The van der Waals surface area contributed by atoms with Crippen molar-refractivity contribution < 1.29 is 9.53 Å². The number of ether oxygens (including phenoxy) is 1. The molecule has 0 aliphatic heterocycles. The molecule has 118 valence electrons. The summed E-state index contributed by atoms with van der Waals surface area (Å²) in [6.07, 6.45) is 0.858. The summed E-state index contributed by atoms with van der Waals surface area (Å²) in [7, 11) is 1.70. The minimum atomic E-state index is -0.274. The average Bonchev–Trinajstić information content (AvgIpc) is 2.41. The second-order valence-electron chi connectivity index (χ2n) is 5.52. The summed E-state index contributed by atoms with van der Waals surface area (Å²) < 4.78 is 5.38. The molecule has 8 nitrogen and oxygen atoms in total. The maximum atomic E-state index is 11.8. The van der Waals surface area contributed by atoms with E-state index >= 15 is 0 Å². The summed E-state index contributed by atoms with van der Waals surface area (Å²) in [6, 6.07) is 0.231. The molecule has 1 heterocycles. The lowest BCUT2D eigenvalue weighted by Crippen LogP contribution is -2.43. The molecule has 1 aromatic rings. The van der Waals surface area contributed by atoms with Crippen molar-refractivity contribution in [1.82, 2.24) is 20.3 Å². The highest BCUT2D eigenvalue weighted by atomic mass is 16.5. The predicted molar refractivity (Wildman–Crippen MR) is 81.5 cm³/mol. The Morgan fingerprint density at radius 2 is 1.86 bits per heavy atom. The molecule has 1 amide bonds. The zero-order valence-corrected chi connectivity index (χ0v) is 13.3. The highest BCUT2D eigenvalue weighted by Crippen LogP contribution is 2.10. The van der Waals surface area contributed by atoms with E-state index in [2.05, 4.69) is 30.9 Å². The minimum Gasteiger partial charge on any atom is -0.463 e. The van der Waals surface area contributed by atoms with Crippen LogP contribution >= 0.6 is 0 Å². The van der Waals surface area contributed by atoms with E-state index in [0.29, 0.717) is 18.5 Å². The third-order valence-corrected chi connectivity index (χ3v) is 2.20. The Kier molecular flexibility index (Phi) is 6.13. The van der Waals surface area contributed by atoms with E-state index in [0.717, 1.165) is 6.42 Å². The molecule has 1 rings (SSSR count). The van der Waals surface area contributed by atoms with Gasteiger partial charge >= 0.3 is 6.01 Å². The minimum absolute atomic E-state index is 0.0810. The summed E-state index contributed by atoms with van der Waals surface area (Å²) in [5.74, 6) is 0.546. The first-order chi connectivity index (χ1) is 9.84. The lowest BCUT2D eigenvalue weighted by Gasteiger charge is -2.20. The van der Waals surface area contributed by atoms with Crippen molar-refractivity contribution in [1.29, 1.82) is 0 Å². The highest BCUT2D eigenvalue weighted by Gasteiger charge is 2.14. The first-order valence-electron chi connectivity index (χ1n) is 6.95. The molecule has 0 aliphatic carbocycles. The van der Waals surface area contributed by atoms with Gasteiger partial charge in [-0.1, -0.05) is 6.92 Å². The van der Waals surface area contributed by atoms with Gasteiger partial charge in [0.15, 0.2) is 0 Å². The monoisotopic (exact) mass is 296 g/mol.